The molecule has 3 N–H and O–H groups in total. The van der Waals surface area contributed by atoms with Gasteiger partial charge in [-0.25, -0.2) is 13.4 Å². The zero-order valence-corrected chi connectivity index (χ0v) is 26.5. The van der Waals surface area contributed by atoms with E-state index in [2.05, 4.69) is 38.6 Å². The molecule has 14 nitrogen and oxygen atoms in total. The van der Waals surface area contributed by atoms with E-state index in [1.807, 2.05) is 42.8 Å². The van der Waals surface area contributed by atoms with Gasteiger partial charge >= 0.3 is 29.6 Å². The number of benzene rings is 1. The summed E-state index contributed by atoms with van der Waals surface area (Å²) in [4.78, 5) is 20.4. The van der Waals surface area contributed by atoms with Crippen molar-refractivity contribution < 1.29 is 45.3 Å². The van der Waals surface area contributed by atoms with E-state index in [-0.39, 0.29) is 36.1 Å². The molecule has 0 aliphatic carbocycles. The third-order valence-corrected chi connectivity index (χ3v) is 7.36. The Morgan fingerprint density at radius 1 is 1.08 bits per heavy atom. The number of nitrogens with zero attached hydrogens (tertiary/aromatic N) is 8. The van der Waals surface area contributed by atoms with Crippen molar-refractivity contribution in [3.8, 4) is 11.3 Å². The molecule has 3 aromatic heterocycles. The molecule has 0 saturated carbocycles. The van der Waals surface area contributed by atoms with Crippen LogP contribution in [0.2, 0.25) is 0 Å². The van der Waals surface area contributed by atoms with Gasteiger partial charge in [-0.15, -0.1) is 15.6 Å². The van der Waals surface area contributed by atoms with Crippen molar-refractivity contribution >= 4 is 88.3 Å². The van der Waals surface area contributed by atoms with Gasteiger partial charge in [0.2, 0.25) is 30.6 Å². The maximum Gasteiger partial charge on any atom is 1.00 e. The summed E-state index contributed by atoms with van der Waals surface area (Å²) in [6.07, 6.45) is 4.87. The number of nitrogens with one attached hydrogen (secondary N) is 1. The number of hydrogen-bond donors (Lipinski definition) is 2. The molecule has 0 saturated heterocycles. The zero-order chi connectivity index (χ0) is 30.6. The average Bonchev–Trinajstić information content (AvgIpc) is 3.70. The van der Waals surface area contributed by atoms with E-state index >= 15 is 0 Å². The van der Waals surface area contributed by atoms with Crippen LogP contribution in [0.4, 0.5) is 20.4 Å². The molecule has 0 radical (unpaired) electrons. The first-order chi connectivity index (χ1) is 19.2. The quantitative estimate of drug-likeness (QED) is 0.0983. The van der Waals surface area contributed by atoms with Gasteiger partial charge in [0.1, 0.15) is 5.69 Å². The number of nitrogens with two attached hydrogens (primary N) is 1. The summed E-state index contributed by atoms with van der Waals surface area (Å²) < 4.78 is 53.3. The van der Waals surface area contributed by atoms with Gasteiger partial charge in [0.15, 0.2) is 10.1 Å². The zero-order valence-electron chi connectivity index (χ0n) is 24.6. The van der Waals surface area contributed by atoms with Gasteiger partial charge in [-0.05, 0) is 12.5 Å². The molecule has 0 atom stereocenters. The standard InChI is InChI=1S/C13H12N6O2S4.C3H5N3S2.HNO2.Na.2H2.H/c1-22-12-15-11(24-18-12)17-16-10-9(8-6-4-3-5-7-8)14-13(23-10)19-25(2,20)21;1-7-3-5-2(4)8-6-3;2-1-3;;;;/h3-7H,1-2H3,(H,14,19);1H3,(H2,4,5,6);(H,2,3);;2*1H;/q;;;+1;;;-1/p-1/i;;;;2*1+1D;1+1. The van der Waals surface area contributed by atoms with Crippen LogP contribution in [0.1, 0.15) is 7.37 Å². The maximum absolute atomic E-state index is 11.5. The topological polar surface area (TPSA) is 214 Å². The second-order valence-electron chi connectivity index (χ2n) is 5.87. The summed E-state index contributed by atoms with van der Waals surface area (Å²) in [6.45, 7) is 0. The van der Waals surface area contributed by atoms with Crippen LogP contribution in [0.3, 0.4) is 0 Å². The number of aromatic nitrogens is 5. The normalized spacial score (nSPS) is 10.9. The van der Waals surface area contributed by atoms with Crippen LogP contribution >= 0.6 is 57.9 Å². The molecular formula is C16H22N10NaO4S6-. The van der Waals surface area contributed by atoms with Crippen LogP contribution in [0.25, 0.3) is 11.3 Å². The molecule has 0 aliphatic heterocycles. The average molecular weight is 639 g/mol. The summed E-state index contributed by atoms with van der Waals surface area (Å²) in [6, 6.07) is 9.37. The molecule has 1 aromatic carbocycles. The number of sulfonamides is 1. The Kier molecular flexibility index (Phi) is 13.6. The van der Waals surface area contributed by atoms with E-state index in [1.165, 1.54) is 35.1 Å². The van der Waals surface area contributed by atoms with Gasteiger partial charge in [-0.1, -0.05) is 65.2 Å². The van der Waals surface area contributed by atoms with E-state index in [9.17, 15) is 8.42 Å². The Labute approximate surface area is 262 Å². The molecule has 198 valence electrons. The Hall–Kier alpha value is -1.78. The predicted molar refractivity (Wildman–Crippen MR) is 152 cm³/mol. The maximum atomic E-state index is 11.5. The molecule has 0 aliphatic rings. The molecule has 0 spiro atoms. The van der Waals surface area contributed by atoms with Crippen LogP contribution in [0, 0.1) is 10.1 Å². The van der Waals surface area contributed by atoms with Crippen molar-refractivity contribution in [1.29, 1.82) is 0 Å². The van der Waals surface area contributed by atoms with Crippen molar-refractivity contribution in [2.75, 3.05) is 29.2 Å². The molecule has 0 unspecified atom stereocenters. The number of thiazole rings is 1. The third-order valence-electron chi connectivity index (χ3n) is 3.34. The molecule has 4 aromatic rings. The smallest absolute Gasteiger partial charge is 1.00 e. The van der Waals surface area contributed by atoms with Gasteiger partial charge in [0.05, 0.1) is 6.26 Å². The van der Waals surface area contributed by atoms with Crippen LogP contribution in [-0.4, -0.2) is 50.9 Å². The minimum Gasteiger partial charge on any atom is -1.00 e. The first-order valence-corrected chi connectivity index (χ1v) is 15.8. The van der Waals surface area contributed by atoms with E-state index < -0.39 is 10.0 Å². The molecular weight excluding hydrogens is 612 g/mol. The molecule has 37 heavy (non-hydrogen) atoms. The summed E-state index contributed by atoms with van der Waals surface area (Å²) in [5.74, 6) is 0. The van der Waals surface area contributed by atoms with E-state index in [0.29, 0.717) is 26.1 Å². The number of azo groups is 1. The largest absolute Gasteiger partial charge is 1.00 e. The van der Waals surface area contributed by atoms with Crippen LogP contribution in [-0.2, 0) is 10.0 Å². The van der Waals surface area contributed by atoms with E-state index in [1.54, 1.807) is 0 Å². The van der Waals surface area contributed by atoms with Crippen LogP contribution in [0.5, 0.6) is 0 Å². The van der Waals surface area contributed by atoms with Crippen molar-refractivity contribution in [1.82, 2.24) is 23.7 Å². The van der Waals surface area contributed by atoms with Crippen molar-refractivity contribution in [3.63, 3.8) is 0 Å². The van der Waals surface area contributed by atoms with Gasteiger partial charge in [-0.2, -0.15) is 18.7 Å². The molecule has 3 heterocycles. The van der Waals surface area contributed by atoms with Crippen molar-refractivity contribution in [3.05, 3.63) is 40.4 Å². The summed E-state index contributed by atoms with van der Waals surface area (Å²) in [5.41, 5.74) is 6.65. The first-order valence-electron chi connectivity index (χ1n) is 11.1. The van der Waals surface area contributed by atoms with Crippen molar-refractivity contribution in [2.45, 2.75) is 10.3 Å². The summed E-state index contributed by atoms with van der Waals surface area (Å²) in [5, 5.41) is 20.4. The fourth-order valence-electron chi connectivity index (χ4n) is 2.08. The molecule has 0 fully saturated rings. The van der Waals surface area contributed by atoms with Crippen LogP contribution in [0.15, 0.2) is 56.2 Å². The fourth-order valence-corrected chi connectivity index (χ4v) is 5.78. The molecule has 0 amide bonds. The van der Waals surface area contributed by atoms with Gasteiger partial charge in [0, 0.05) is 34.6 Å². The third kappa shape index (κ3) is 12.1. The van der Waals surface area contributed by atoms with Gasteiger partial charge < -0.3 is 17.3 Å². The van der Waals surface area contributed by atoms with Crippen LogP contribution < -0.4 is 40.0 Å². The number of nitrogen functional groups attached to an aromatic ring is 1. The number of rotatable bonds is 7. The number of thioether (sulfide) groups is 2. The van der Waals surface area contributed by atoms with Gasteiger partial charge in [0.25, 0.3) is 0 Å². The van der Waals surface area contributed by atoms with E-state index in [4.69, 9.17) is 21.8 Å². The Morgan fingerprint density at radius 3 is 2.16 bits per heavy atom. The predicted octanol–water partition coefficient (Wildman–Crippen LogP) is 2.87. The Bertz CT molecular complexity index is 1400. The van der Waals surface area contributed by atoms with E-state index in [0.717, 1.165) is 45.2 Å². The molecule has 21 heteroatoms. The second kappa shape index (κ2) is 16.9. The SMILES string of the molecule is CSc1nsc(N)n1.CSc1nsc(N=Nc2sc(NS(C)(=O)=O)nc2-c2ccccc2)n1.O=N[O-].[2H-].[2H][2H].[2H][2H].[Na+]. The monoisotopic (exact) mass is 638 g/mol. The Balaban J connectivity index is -0.000000751. The summed E-state index contributed by atoms with van der Waals surface area (Å²) >= 11 is 6.39. The van der Waals surface area contributed by atoms with Gasteiger partial charge in [-0.3, -0.25) is 4.72 Å². The molecule has 0 bridgehead atoms. The number of anilines is 2. The molecule has 4 rings (SSSR count). The summed E-state index contributed by atoms with van der Waals surface area (Å²) in [7, 11) is -3.43. The number of hydrogen-bond acceptors (Lipinski definition) is 18. The first kappa shape index (κ1) is 29.8. The minimum absolute atomic E-state index is 0. The van der Waals surface area contributed by atoms with Crippen molar-refractivity contribution in [2.24, 2.45) is 15.6 Å². The minimum atomic E-state index is -3.43. The fraction of sp³-hybridized carbons (Fsp3) is 0.188. The Morgan fingerprint density at radius 2 is 1.68 bits per heavy atom. The second-order valence-corrected chi connectivity index (χ2v) is 11.7.